The lowest BCUT2D eigenvalue weighted by molar-refractivity contribution is -0.133. The summed E-state index contributed by atoms with van der Waals surface area (Å²) in [6.45, 7) is 0.352. The van der Waals surface area contributed by atoms with E-state index in [-0.39, 0.29) is 24.9 Å². The Labute approximate surface area is 137 Å². The van der Waals surface area contributed by atoms with E-state index in [1.807, 2.05) is 0 Å². The van der Waals surface area contributed by atoms with Gasteiger partial charge in [0.1, 0.15) is 0 Å². The molecule has 118 valence electrons. The van der Waals surface area contributed by atoms with Crippen LogP contribution in [0.15, 0.2) is 18.2 Å². The fourth-order valence-corrected chi connectivity index (χ4v) is 2.40. The number of nitrogens with one attached hydrogen (secondary N) is 2. The molecule has 1 saturated heterocycles. The van der Waals surface area contributed by atoms with E-state index in [4.69, 9.17) is 23.2 Å². The quantitative estimate of drug-likeness (QED) is 0.853. The van der Waals surface area contributed by atoms with Crippen molar-refractivity contribution in [2.45, 2.75) is 12.8 Å². The maximum Gasteiger partial charge on any atom is 0.243 e. The molecular formula is C14H15Cl2N3O3. The molecule has 1 aromatic carbocycles. The Balaban J connectivity index is 1.78. The first-order valence-electron chi connectivity index (χ1n) is 6.75. The first kappa shape index (κ1) is 16.6. The molecule has 0 saturated carbocycles. The zero-order chi connectivity index (χ0) is 16.1. The van der Waals surface area contributed by atoms with Gasteiger partial charge in [-0.15, -0.1) is 0 Å². The molecule has 0 bridgehead atoms. The second kappa shape index (κ2) is 7.47. The summed E-state index contributed by atoms with van der Waals surface area (Å²) in [7, 11) is 0. The van der Waals surface area contributed by atoms with Crippen LogP contribution < -0.4 is 10.6 Å². The van der Waals surface area contributed by atoms with Gasteiger partial charge in [-0.05, 0) is 24.6 Å². The normalized spacial score (nSPS) is 14.1. The van der Waals surface area contributed by atoms with Crippen LogP contribution >= 0.6 is 23.2 Å². The average molecular weight is 344 g/mol. The van der Waals surface area contributed by atoms with Crippen molar-refractivity contribution < 1.29 is 14.4 Å². The zero-order valence-electron chi connectivity index (χ0n) is 11.7. The highest BCUT2D eigenvalue weighted by molar-refractivity contribution is 6.35. The summed E-state index contributed by atoms with van der Waals surface area (Å²) in [5.74, 6) is -0.835. The summed E-state index contributed by atoms with van der Waals surface area (Å²) in [6, 6.07) is 4.69. The van der Waals surface area contributed by atoms with Crippen molar-refractivity contribution in [1.82, 2.24) is 10.2 Å². The van der Waals surface area contributed by atoms with Crippen molar-refractivity contribution in [3.8, 4) is 0 Å². The highest BCUT2D eigenvalue weighted by Gasteiger charge is 2.22. The predicted molar refractivity (Wildman–Crippen MR) is 83.9 cm³/mol. The third-order valence-corrected chi connectivity index (χ3v) is 3.72. The smallest absolute Gasteiger partial charge is 0.243 e. The molecule has 0 atom stereocenters. The molecule has 0 unspecified atom stereocenters. The van der Waals surface area contributed by atoms with E-state index in [1.54, 1.807) is 12.1 Å². The van der Waals surface area contributed by atoms with Gasteiger partial charge in [-0.1, -0.05) is 23.2 Å². The summed E-state index contributed by atoms with van der Waals surface area (Å²) < 4.78 is 0. The molecule has 1 fully saturated rings. The van der Waals surface area contributed by atoms with Gasteiger partial charge in [-0.3, -0.25) is 14.4 Å². The largest absolute Gasteiger partial charge is 0.345 e. The number of carbonyl (C=O) groups is 3. The summed E-state index contributed by atoms with van der Waals surface area (Å²) in [6.07, 6.45) is 1.24. The third kappa shape index (κ3) is 4.61. The fourth-order valence-electron chi connectivity index (χ4n) is 2.07. The van der Waals surface area contributed by atoms with E-state index in [2.05, 4.69) is 10.6 Å². The van der Waals surface area contributed by atoms with Gasteiger partial charge in [0, 0.05) is 18.0 Å². The molecule has 0 aromatic heterocycles. The zero-order valence-corrected chi connectivity index (χ0v) is 13.2. The van der Waals surface area contributed by atoms with Crippen molar-refractivity contribution in [1.29, 1.82) is 0 Å². The second-order valence-corrected chi connectivity index (χ2v) is 5.71. The summed E-state index contributed by atoms with van der Waals surface area (Å²) in [5, 5.41) is 5.82. The van der Waals surface area contributed by atoms with Gasteiger partial charge in [0.25, 0.3) is 0 Å². The lowest BCUT2D eigenvalue weighted by Crippen LogP contribution is -2.40. The molecular weight excluding hydrogens is 329 g/mol. The third-order valence-electron chi connectivity index (χ3n) is 3.15. The number of hydrogen-bond donors (Lipinski definition) is 2. The van der Waals surface area contributed by atoms with E-state index in [1.165, 1.54) is 11.0 Å². The maximum atomic E-state index is 11.8. The number of likely N-dealkylation sites (tertiary alicyclic amines) is 1. The van der Waals surface area contributed by atoms with Crippen LogP contribution in [-0.4, -0.2) is 42.3 Å². The van der Waals surface area contributed by atoms with Crippen molar-refractivity contribution >= 4 is 46.6 Å². The van der Waals surface area contributed by atoms with E-state index < -0.39 is 5.91 Å². The molecule has 0 spiro atoms. The van der Waals surface area contributed by atoms with Gasteiger partial charge in [0.15, 0.2) is 0 Å². The molecule has 1 aliphatic heterocycles. The second-order valence-electron chi connectivity index (χ2n) is 4.87. The van der Waals surface area contributed by atoms with Crippen LogP contribution in [0.4, 0.5) is 5.69 Å². The Morgan fingerprint density at radius 3 is 2.68 bits per heavy atom. The highest BCUT2D eigenvalue weighted by Crippen LogP contribution is 2.25. The molecule has 2 rings (SSSR count). The first-order valence-corrected chi connectivity index (χ1v) is 7.50. The molecule has 6 nitrogen and oxygen atoms in total. The van der Waals surface area contributed by atoms with Crippen LogP contribution in [-0.2, 0) is 14.4 Å². The average Bonchev–Trinajstić information content (AvgIpc) is 2.86. The van der Waals surface area contributed by atoms with E-state index >= 15 is 0 Å². The Bertz CT molecular complexity index is 607. The Morgan fingerprint density at radius 2 is 2.00 bits per heavy atom. The van der Waals surface area contributed by atoms with Crippen molar-refractivity contribution in [3.63, 3.8) is 0 Å². The molecule has 1 aromatic rings. The predicted octanol–water partition coefficient (Wildman–Crippen LogP) is 1.67. The van der Waals surface area contributed by atoms with Crippen molar-refractivity contribution in [3.05, 3.63) is 28.2 Å². The number of benzene rings is 1. The molecule has 0 radical (unpaired) electrons. The summed E-state index contributed by atoms with van der Waals surface area (Å²) in [4.78, 5) is 36.3. The standard InChI is InChI=1S/C14H15Cl2N3O3/c15-9-3-4-10(16)11(6-9)18-12(20)7-17-13(21)8-19-5-1-2-14(19)22/h3-4,6H,1-2,5,7-8H2,(H,17,21)(H,18,20). The lowest BCUT2D eigenvalue weighted by atomic mass is 10.3. The van der Waals surface area contributed by atoms with Gasteiger partial charge in [0.05, 0.1) is 23.8 Å². The molecule has 1 heterocycles. The Kier molecular flexibility index (Phi) is 5.63. The number of rotatable bonds is 5. The van der Waals surface area contributed by atoms with Crippen LogP contribution in [0.2, 0.25) is 10.0 Å². The van der Waals surface area contributed by atoms with Crippen LogP contribution in [0.3, 0.4) is 0 Å². The molecule has 22 heavy (non-hydrogen) atoms. The first-order chi connectivity index (χ1) is 10.5. The Hall–Kier alpha value is -1.79. The van der Waals surface area contributed by atoms with Gasteiger partial charge >= 0.3 is 0 Å². The molecule has 1 aliphatic rings. The molecule has 3 amide bonds. The molecule has 0 aliphatic carbocycles. The van der Waals surface area contributed by atoms with Crippen LogP contribution in [0.5, 0.6) is 0 Å². The van der Waals surface area contributed by atoms with Gasteiger partial charge in [-0.2, -0.15) is 0 Å². The van der Waals surface area contributed by atoms with Crippen LogP contribution in [0.25, 0.3) is 0 Å². The summed E-state index contributed by atoms with van der Waals surface area (Å²) >= 11 is 11.7. The van der Waals surface area contributed by atoms with E-state index in [0.717, 1.165) is 6.42 Å². The van der Waals surface area contributed by atoms with Crippen molar-refractivity contribution in [2.24, 2.45) is 0 Å². The number of halogens is 2. The SMILES string of the molecule is O=C(CN1CCCC1=O)NCC(=O)Nc1cc(Cl)ccc1Cl. The highest BCUT2D eigenvalue weighted by atomic mass is 35.5. The minimum absolute atomic E-state index is 0.0238. The van der Waals surface area contributed by atoms with Gasteiger partial charge in [-0.25, -0.2) is 0 Å². The van der Waals surface area contributed by atoms with Crippen LogP contribution in [0, 0.1) is 0 Å². The topological polar surface area (TPSA) is 78.5 Å². The minimum atomic E-state index is -0.426. The van der Waals surface area contributed by atoms with Crippen molar-refractivity contribution in [2.75, 3.05) is 25.0 Å². The summed E-state index contributed by atoms with van der Waals surface area (Å²) in [5.41, 5.74) is 0.378. The number of amides is 3. The van der Waals surface area contributed by atoms with Gasteiger partial charge < -0.3 is 15.5 Å². The number of carbonyl (C=O) groups excluding carboxylic acids is 3. The van der Waals surface area contributed by atoms with Gasteiger partial charge in [0.2, 0.25) is 17.7 Å². The molecule has 8 heteroatoms. The molecule has 2 N–H and O–H groups in total. The minimum Gasteiger partial charge on any atom is -0.345 e. The number of hydrogen-bond acceptors (Lipinski definition) is 3. The maximum absolute atomic E-state index is 11.8. The van der Waals surface area contributed by atoms with Crippen LogP contribution in [0.1, 0.15) is 12.8 Å². The fraction of sp³-hybridized carbons (Fsp3) is 0.357. The van der Waals surface area contributed by atoms with E-state index in [0.29, 0.717) is 28.7 Å². The lowest BCUT2D eigenvalue weighted by Gasteiger charge is -2.15. The number of nitrogens with zero attached hydrogens (tertiary/aromatic N) is 1. The Morgan fingerprint density at radius 1 is 1.23 bits per heavy atom. The number of anilines is 1. The van der Waals surface area contributed by atoms with E-state index in [9.17, 15) is 14.4 Å². The monoisotopic (exact) mass is 343 g/mol.